The van der Waals surface area contributed by atoms with Gasteiger partial charge in [0.2, 0.25) is 0 Å². The molecule has 1 heterocycles. The van der Waals surface area contributed by atoms with Gasteiger partial charge in [-0.05, 0) is 18.9 Å². The van der Waals surface area contributed by atoms with E-state index in [0.29, 0.717) is 13.0 Å². The molecule has 1 amide bonds. The van der Waals surface area contributed by atoms with Gasteiger partial charge in [0.1, 0.15) is 0 Å². The Hall–Kier alpha value is -0.950. The second-order valence-corrected chi connectivity index (χ2v) is 7.48. The fourth-order valence-electron chi connectivity index (χ4n) is 2.05. The molecule has 6 nitrogen and oxygen atoms in total. The summed E-state index contributed by atoms with van der Waals surface area (Å²) in [5, 5.41) is 5.58. The maximum absolute atomic E-state index is 12.2. The predicted molar refractivity (Wildman–Crippen MR) is 75.5 cm³/mol. The van der Waals surface area contributed by atoms with Crippen LogP contribution in [0.3, 0.4) is 0 Å². The zero-order valence-electron chi connectivity index (χ0n) is 11.8. The molecule has 0 fully saturated rings. The second-order valence-electron chi connectivity index (χ2n) is 5.01. The molecule has 7 heteroatoms. The van der Waals surface area contributed by atoms with Gasteiger partial charge >= 0.3 is 0 Å². The van der Waals surface area contributed by atoms with Crippen molar-refractivity contribution in [3.8, 4) is 0 Å². The van der Waals surface area contributed by atoms with Gasteiger partial charge in [-0.3, -0.25) is 4.79 Å². The minimum Gasteiger partial charge on any atom is -0.330 e. The van der Waals surface area contributed by atoms with Crippen molar-refractivity contribution in [1.29, 1.82) is 0 Å². The van der Waals surface area contributed by atoms with Crippen molar-refractivity contribution in [3.63, 3.8) is 0 Å². The molecule has 0 saturated carbocycles. The lowest BCUT2D eigenvalue weighted by Gasteiger charge is -2.14. The standard InChI is InChI=1S/C12H23N3O3S/c1-4-19(17,18)8-7-15-12(16)10(5-6-13)11(14-15)9(2)3/h9-10H,4-8,13H2,1-3H3. The fourth-order valence-corrected chi connectivity index (χ4v) is 2.79. The van der Waals surface area contributed by atoms with E-state index >= 15 is 0 Å². The summed E-state index contributed by atoms with van der Waals surface area (Å²) in [5.74, 6) is -0.204. The Morgan fingerprint density at radius 2 is 2.05 bits per heavy atom. The summed E-state index contributed by atoms with van der Waals surface area (Å²) in [6.45, 7) is 6.10. The van der Waals surface area contributed by atoms with E-state index in [1.807, 2.05) is 13.8 Å². The van der Waals surface area contributed by atoms with Crippen molar-refractivity contribution in [2.75, 3.05) is 24.6 Å². The Morgan fingerprint density at radius 3 is 2.53 bits per heavy atom. The van der Waals surface area contributed by atoms with E-state index in [1.165, 1.54) is 5.01 Å². The summed E-state index contributed by atoms with van der Waals surface area (Å²) in [6, 6.07) is 0. The van der Waals surface area contributed by atoms with E-state index < -0.39 is 9.84 Å². The van der Waals surface area contributed by atoms with Gasteiger partial charge in [0.25, 0.3) is 5.91 Å². The molecule has 1 unspecified atom stereocenters. The van der Waals surface area contributed by atoms with Crippen LogP contribution in [-0.4, -0.2) is 49.6 Å². The first-order valence-electron chi connectivity index (χ1n) is 6.62. The summed E-state index contributed by atoms with van der Waals surface area (Å²) in [5.41, 5.74) is 6.33. The molecule has 1 aliphatic heterocycles. The molecule has 0 aromatic heterocycles. The molecule has 19 heavy (non-hydrogen) atoms. The van der Waals surface area contributed by atoms with Crippen molar-refractivity contribution in [3.05, 3.63) is 0 Å². The number of sulfone groups is 1. The molecular formula is C12H23N3O3S. The topological polar surface area (TPSA) is 92.8 Å². The maximum Gasteiger partial charge on any atom is 0.251 e. The third-order valence-corrected chi connectivity index (χ3v) is 4.93. The molecule has 110 valence electrons. The molecule has 0 bridgehead atoms. The average Bonchev–Trinajstić information content (AvgIpc) is 2.66. The quantitative estimate of drug-likeness (QED) is 0.726. The second kappa shape index (κ2) is 6.47. The zero-order chi connectivity index (χ0) is 14.6. The normalized spacial score (nSPS) is 20.3. The highest BCUT2D eigenvalue weighted by atomic mass is 32.2. The van der Waals surface area contributed by atoms with E-state index in [0.717, 1.165) is 5.71 Å². The first-order valence-corrected chi connectivity index (χ1v) is 8.44. The minimum absolute atomic E-state index is 0.0422. The van der Waals surface area contributed by atoms with Crippen LogP contribution in [0.1, 0.15) is 27.2 Å². The maximum atomic E-state index is 12.2. The predicted octanol–water partition coefficient (Wildman–Crippen LogP) is 0.240. The number of nitrogens with zero attached hydrogens (tertiary/aromatic N) is 2. The van der Waals surface area contributed by atoms with Crippen molar-refractivity contribution in [2.45, 2.75) is 27.2 Å². The van der Waals surface area contributed by atoms with Gasteiger partial charge in [-0.25, -0.2) is 13.4 Å². The van der Waals surface area contributed by atoms with Crippen LogP contribution in [-0.2, 0) is 14.6 Å². The third-order valence-electron chi connectivity index (χ3n) is 3.25. The van der Waals surface area contributed by atoms with E-state index in [4.69, 9.17) is 5.73 Å². The average molecular weight is 289 g/mol. The number of carbonyl (C=O) groups excluding carboxylic acids is 1. The van der Waals surface area contributed by atoms with Crippen LogP contribution < -0.4 is 5.73 Å². The largest absolute Gasteiger partial charge is 0.330 e. The molecule has 1 atom stereocenters. The van der Waals surface area contributed by atoms with Gasteiger partial charge in [0, 0.05) is 5.75 Å². The highest BCUT2D eigenvalue weighted by Crippen LogP contribution is 2.23. The Labute approximate surface area is 114 Å². The summed E-state index contributed by atoms with van der Waals surface area (Å²) in [6.07, 6.45) is 0.562. The number of hydrogen-bond donors (Lipinski definition) is 1. The molecule has 0 spiro atoms. The summed E-state index contributed by atoms with van der Waals surface area (Å²) >= 11 is 0. The molecule has 0 aromatic rings. The van der Waals surface area contributed by atoms with Gasteiger partial charge in [-0.15, -0.1) is 0 Å². The van der Waals surface area contributed by atoms with Crippen LogP contribution in [0.25, 0.3) is 0 Å². The van der Waals surface area contributed by atoms with Crippen LogP contribution in [0.5, 0.6) is 0 Å². The Balaban J connectivity index is 2.78. The molecule has 0 saturated heterocycles. The lowest BCUT2D eigenvalue weighted by molar-refractivity contribution is -0.131. The lowest BCUT2D eigenvalue weighted by atomic mass is 9.92. The van der Waals surface area contributed by atoms with Crippen LogP contribution >= 0.6 is 0 Å². The van der Waals surface area contributed by atoms with Crippen LogP contribution in [0.2, 0.25) is 0 Å². The van der Waals surface area contributed by atoms with Gasteiger partial charge in [-0.2, -0.15) is 5.10 Å². The smallest absolute Gasteiger partial charge is 0.251 e. The SMILES string of the molecule is CCS(=O)(=O)CCN1N=C(C(C)C)C(CCN)C1=O. The van der Waals surface area contributed by atoms with E-state index in [9.17, 15) is 13.2 Å². The van der Waals surface area contributed by atoms with Crippen LogP contribution in [0, 0.1) is 11.8 Å². The monoisotopic (exact) mass is 289 g/mol. The highest BCUT2D eigenvalue weighted by molar-refractivity contribution is 7.91. The Morgan fingerprint density at radius 1 is 1.42 bits per heavy atom. The van der Waals surface area contributed by atoms with Crippen LogP contribution in [0.4, 0.5) is 0 Å². The molecule has 1 rings (SSSR count). The number of hydrogen-bond acceptors (Lipinski definition) is 5. The van der Waals surface area contributed by atoms with E-state index in [-0.39, 0.29) is 35.8 Å². The van der Waals surface area contributed by atoms with E-state index in [2.05, 4.69) is 5.10 Å². The lowest BCUT2D eigenvalue weighted by Crippen LogP contribution is -2.33. The van der Waals surface area contributed by atoms with Crippen molar-refractivity contribution in [2.24, 2.45) is 22.7 Å². The van der Waals surface area contributed by atoms with Crippen LogP contribution in [0.15, 0.2) is 5.10 Å². The van der Waals surface area contributed by atoms with Gasteiger partial charge < -0.3 is 5.73 Å². The molecule has 0 aliphatic carbocycles. The number of nitrogens with two attached hydrogens (primary N) is 1. The number of rotatable bonds is 7. The molecule has 2 N–H and O–H groups in total. The summed E-state index contributed by atoms with van der Waals surface area (Å²) < 4.78 is 23.0. The minimum atomic E-state index is -3.09. The fraction of sp³-hybridized carbons (Fsp3) is 0.833. The molecule has 0 aromatic carbocycles. The number of amides is 1. The van der Waals surface area contributed by atoms with Gasteiger partial charge in [0.15, 0.2) is 9.84 Å². The van der Waals surface area contributed by atoms with Crippen molar-refractivity contribution in [1.82, 2.24) is 5.01 Å². The van der Waals surface area contributed by atoms with E-state index in [1.54, 1.807) is 6.92 Å². The Kier molecular flexibility index (Phi) is 5.49. The summed E-state index contributed by atoms with van der Waals surface area (Å²) in [7, 11) is -3.09. The number of hydrazone groups is 1. The van der Waals surface area contributed by atoms with Gasteiger partial charge in [0.05, 0.1) is 23.9 Å². The molecule has 0 radical (unpaired) electrons. The highest BCUT2D eigenvalue weighted by Gasteiger charge is 2.36. The Bertz CT molecular complexity index is 457. The first kappa shape index (κ1) is 16.1. The zero-order valence-corrected chi connectivity index (χ0v) is 12.6. The molecule has 1 aliphatic rings. The summed E-state index contributed by atoms with van der Waals surface area (Å²) in [4.78, 5) is 12.2. The molecular weight excluding hydrogens is 266 g/mol. The first-order chi connectivity index (χ1) is 8.82. The third kappa shape index (κ3) is 4.01. The van der Waals surface area contributed by atoms with Crippen molar-refractivity contribution < 1.29 is 13.2 Å². The van der Waals surface area contributed by atoms with Gasteiger partial charge in [-0.1, -0.05) is 20.8 Å². The number of carbonyl (C=O) groups is 1. The van der Waals surface area contributed by atoms with Crippen molar-refractivity contribution >= 4 is 21.5 Å².